The highest BCUT2D eigenvalue weighted by atomic mass is 16.5. The number of H-pyrrole nitrogens is 1. The van der Waals surface area contributed by atoms with Crippen LogP contribution in [0, 0.1) is 0 Å². The Labute approximate surface area is 164 Å². The van der Waals surface area contributed by atoms with Crippen molar-refractivity contribution in [2.75, 3.05) is 19.4 Å². The predicted molar refractivity (Wildman–Crippen MR) is 108 cm³/mol. The highest BCUT2D eigenvalue weighted by Gasteiger charge is 2.14. The third-order valence-corrected chi connectivity index (χ3v) is 4.17. The van der Waals surface area contributed by atoms with Crippen molar-refractivity contribution in [2.45, 2.75) is 32.9 Å². The summed E-state index contributed by atoms with van der Waals surface area (Å²) in [6.07, 6.45) is 0. The third kappa shape index (κ3) is 5.23. The van der Waals surface area contributed by atoms with Crippen LogP contribution >= 0.6 is 0 Å². The van der Waals surface area contributed by atoms with Crippen molar-refractivity contribution in [3.05, 3.63) is 65.2 Å². The number of anilines is 1. The summed E-state index contributed by atoms with van der Waals surface area (Å²) in [7, 11) is 3.93. The molecular weight excluding hydrogens is 356 g/mol. The SMILES string of the molecule is CC(C)c1ccc(OCc2ccc(C(=O)Nc3cc(CN(C)C)[nH]n3)o2)cc1. The maximum atomic E-state index is 12.3. The number of nitrogens with one attached hydrogen (secondary N) is 2. The molecule has 0 aliphatic carbocycles. The number of ether oxygens (including phenoxy) is 1. The van der Waals surface area contributed by atoms with E-state index in [9.17, 15) is 4.79 Å². The lowest BCUT2D eigenvalue weighted by Crippen LogP contribution is -2.11. The van der Waals surface area contributed by atoms with Gasteiger partial charge in [0.1, 0.15) is 18.1 Å². The van der Waals surface area contributed by atoms with Gasteiger partial charge in [-0.2, -0.15) is 5.10 Å². The van der Waals surface area contributed by atoms with Crippen LogP contribution in [-0.2, 0) is 13.2 Å². The van der Waals surface area contributed by atoms with Gasteiger partial charge in [-0.15, -0.1) is 0 Å². The second kappa shape index (κ2) is 8.75. The summed E-state index contributed by atoms with van der Waals surface area (Å²) < 4.78 is 11.3. The average Bonchev–Trinajstić information content (AvgIpc) is 3.29. The topological polar surface area (TPSA) is 83.4 Å². The smallest absolute Gasteiger partial charge is 0.292 e. The molecule has 3 rings (SSSR count). The van der Waals surface area contributed by atoms with Gasteiger partial charge in [0.2, 0.25) is 0 Å². The molecule has 2 N–H and O–H groups in total. The maximum absolute atomic E-state index is 12.3. The molecule has 0 saturated carbocycles. The van der Waals surface area contributed by atoms with Crippen LogP contribution in [0.25, 0.3) is 0 Å². The number of carbonyl (C=O) groups is 1. The van der Waals surface area contributed by atoms with Gasteiger partial charge < -0.3 is 19.4 Å². The molecule has 1 amide bonds. The Bertz CT molecular complexity index is 910. The van der Waals surface area contributed by atoms with Crippen molar-refractivity contribution in [2.24, 2.45) is 0 Å². The number of nitrogens with zero attached hydrogens (tertiary/aromatic N) is 2. The molecule has 0 aliphatic rings. The Morgan fingerprint density at radius 1 is 1.21 bits per heavy atom. The number of rotatable bonds is 8. The molecular formula is C21H26N4O3. The summed E-state index contributed by atoms with van der Waals surface area (Å²) in [5, 5.41) is 9.70. The minimum atomic E-state index is -0.351. The summed E-state index contributed by atoms with van der Waals surface area (Å²) >= 11 is 0. The van der Waals surface area contributed by atoms with Gasteiger partial charge in [-0.3, -0.25) is 9.89 Å². The average molecular weight is 382 g/mol. The fourth-order valence-electron chi connectivity index (χ4n) is 2.71. The largest absolute Gasteiger partial charge is 0.486 e. The van der Waals surface area contributed by atoms with Gasteiger partial charge in [-0.05, 0) is 49.8 Å². The van der Waals surface area contributed by atoms with Crippen LogP contribution in [0.4, 0.5) is 5.82 Å². The van der Waals surface area contributed by atoms with Crippen LogP contribution in [0.1, 0.15) is 47.3 Å². The van der Waals surface area contributed by atoms with Crippen molar-refractivity contribution in [1.82, 2.24) is 15.1 Å². The maximum Gasteiger partial charge on any atom is 0.292 e. The van der Waals surface area contributed by atoms with E-state index in [0.717, 1.165) is 11.4 Å². The van der Waals surface area contributed by atoms with Gasteiger partial charge in [0.25, 0.3) is 5.91 Å². The van der Waals surface area contributed by atoms with Crippen molar-refractivity contribution >= 4 is 11.7 Å². The highest BCUT2D eigenvalue weighted by molar-refractivity contribution is 6.01. The van der Waals surface area contributed by atoms with Gasteiger partial charge >= 0.3 is 0 Å². The van der Waals surface area contributed by atoms with Gasteiger partial charge in [0.05, 0.1) is 5.69 Å². The fourth-order valence-corrected chi connectivity index (χ4v) is 2.71. The molecule has 2 aromatic heterocycles. The van der Waals surface area contributed by atoms with Crippen molar-refractivity contribution in [3.63, 3.8) is 0 Å². The highest BCUT2D eigenvalue weighted by Crippen LogP contribution is 2.20. The Balaban J connectivity index is 1.54. The van der Waals surface area contributed by atoms with Crippen molar-refractivity contribution in [3.8, 4) is 5.75 Å². The normalized spacial score (nSPS) is 11.2. The van der Waals surface area contributed by atoms with Crippen molar-refractivity contribution in [1.29, 1.82) is 0 Å². The molecule has 0 aliphatic heterocycles. The molecule has 3 aromatic rings. The van der Waals surface area contributed by atoms with E-state index in [4.69, 9.17) is 9.15 Å². The first-order valence-corrected chi connectivity index (χ1v) is 9.22. The first-order valence-electron chi connectivity index (χ1n) is 9.22. The number of hydrogen-bond acceptors (Lipinski definition) is 5. The van der Waals surface area contributed by atoms with Crippen LogP contribution in [0.15, 0.2) is 46.9 Å². The lowest BCUT2D eigenvalue weighted by molar-refractivity contribution is 0.0992. The molecule has 2 heterocycles. The second-order valence-corrected chi connectivity index (χ2v) is 7.25. The zero-order valence-electron chi connectivity index (χ0n) is 16.7. The Hall–Kier alpha value is -3.06. The number of carbonyl (C=O) groups excluding carboxylic acids is 1. The molecule has 7 nitrogen and oxygen atoms in total. The summed E-state index contributed by atoms with van der Waals surface area (Å²) in [5.74, 6) is 2.14. The zero-order chi connectivity index (χ0) is 20.1. The number of amides is 1. The van der Waals surface area contributed by atoms with Gasteiger partial charge in [0.15, 0.2) is 11.6 Å². The standard InChI is InChI=1S/C21H26N4O3/c1-14(2)15-5-7-17(8-6-15)27-13-18-9-10-19(28-18)21(26)22-20-11-16(23-24-20)12-25(3)4/h5-11,14H,12-13H2,1-4H3,(H2,22,23,24,26). The number of benzene rings is 1. The lowest BCUT2D eigenvalue weighted by atomic mass is 10.0. The number of aromatic nitrogens is 2. The minimum absolute atomic E-state index is 0.214. The summed E-state index contributed by atoms with van der Waals surface area (Å²) in [4.78, 5) is 14.3. The molecule has 0 spiro atoms. The van der Waals surface area contributed by atoms with E-state index in [1.807, 2.05) is 31.1 Å². The van der Waals surface area contributed by atoms with E-state index in [1.54, 1.807) is 18.2 Å². The van der Waals surface area contributed by atoms with Crippen LogP contribution in [-0.4, -0.2) is 35.1 Å². The molecule has 0 unspecified atom stereocenters. The minimum Gasteiger partial charge on any atom is -0.486 e. The molecule has 0 fully saturated rings. The summed E-state index contributed by atoms with van der Waals surface area (Å²) in [6.45, 7) is 5.27. The van der Waals surface area contributed by atoms with Crippen molar-refractivity contribution < 1.29 is 13.9 Å². The monoisotopic (exact) mass is 382 g/mol. The number of aromatic amines is 1. The van der Waals surface area contributed by atoms with Gasteiger partial charge in [-0.25, -0.2) is 0 Å². The number of hydrogen-bond donors (Lipinski definition) is 2. The Kier molecular flexibility index (Phi) is 6.16. The molecule has 0 atom stereocenters. The van der Waals surface area contributed by atoms with E-state index < -0.39 is 0 Å². The molecule has 1 aromatic carbocycles. The van der Waals surface area contributed by atoms with Crippen LogP contribution in [0.5, 0.6) is 5.75 Å². The van der Waals surface area contributed by atoms with E-state index in [2.05, 4.69) is 41.5 Å². The van der Waals surface area contributed by atoms with E-state index >= 15 is 0 Å². The molecule has 148 valence electrons. The predicted octanol–water partition coefficient (Wildman–Crippen LogP) is 4.02. The van der Waals surface area contributed by atoms with E-state index in [1.165, 1.54) is 5.56 Å². The van der Waals surface area contributed by atoms with Crippen LogP contribution < -0.4 is 10.1 Å². The van der Waals surface area contributed by atoms with E-state index in [-0.39, 0.29) is 18.3 Å². The molecule has 0 bridgehead atoms. The van der Waals surface area contributed by atoms with Crippen LogP contribution in [0.2, 0.25) is 0 Å². The zero-order valence-corrected chi connectivity index (χ0v) is 16.7. The molecule has 28 heavy (non-hydrogen) atoms. The molecule has 7 heteroatoms. The van der Waals surface area contributed by atoms with Crippen LogP contribution in [0.3, 0.4) is 0 Å². The second-order valence-electron chi connectivity index (χ2n) is 7.25. The van der Waals surface area contributed by atoms with Gasteiger partial charge in [-0.1, -0.05) is 26.0 Å². The number of furan rings is 1. The van der Waals surface area contributed by atoms with Gasteiger partial charge in [0, 0.05) is 12.6 Å². The quantitative estimate of drug-likeness (QED) is 0.615. The first kappa shape index (κ1) is 19.7. The third-order valence-electron chi connectivity index (χ3n) is 4.17. The molecule has 0 saturated heterocycles. The Morgan fingerprint density at radius 2 is 1.96 bits per heavy atom. The summed E-state index contributed by atoms with van der Waals surface area (Å²) in [5.41, 5.74) is 2.17. The molecule has 0 radical (unpaired) electrons. The van der Waals surface area contributed by atoms with E-state index in [0.29, 0.717) is 24.0 Å². The lowest BCUT2D eigenvalue weighted by Gasteiger charge is -2.07. The fraction of sp³-hybridized carbons (Fsp3) is 0.333. The first-order chi connectivity index (χ1) is 13.4. The Morgan fingerprint density at radius 3 is 2.64 bits per heavy atom. The summed E-state index contributed by atoms with van der Waals surface area (Å²) in [6, 6.07) is 13.1.